The fraction of sp³-hybridized carbons (Fsp3) is 0.423. The number of aromatic nitrogens is 3. The number of alkyl halides is 3. The Labute approximate surface area is 228 Å². The van der Waals surface area contributed by atoms with Gasteiger partial charge in [-0.2, -0.15) is 25.8 Å². The maximum absolute atomic E-state index is 13.2. The molecule has 7 nitrogen and oxygen atoms in total. The zero-order chi connectivity index (χ0) is 26.9. The molecule has 1 aromatic carbocycles. The summed E-state index contributed by atoms with van der Waals surface area (Å²) in [6.45, 7) is 2.76. The largest absolute Gasteiger partial charge is 0.477 e. The number of carbonyl (C=O) groups excluding carboxylic acids is 1. The predicted octanol–water partition coefficient (Wildman–Crippen LogP) is 5.92. The van der Waals surface area contributed by atoms with Crippen LogP contribution in [0.3, 0.4) is 0 Å². The van der Waals surface area contributed by atoms with Gasteiger partial charge in [-0.15, -0.1) is 5.10 Å². The normalized spacial score (nSPS) is 20.4. The summed E-state index contributed by atoms with van der Waals surface area (Å²) in [5.41, 5.74) is -1.20. The summed E-state index contributed by atoms with van der Waals surface area (Å²) in [4.78, 5) is 20.8. The Morgan fingerprint density at radius 1 is 1.21 bits per heavy atom. The molecule has 1 saturated heterocycles. The summed E-state index contributed by atoms with van der Waals surface area (Å²) in [7, 11) is 0. The van der Waals surface area contributed by atoms with Crippen LogP contribution >= 0.6 is 24.6 Å². The van der Waals surface area contributed by atoms with Gasteiger partial charge >= 0.3 is 6.18 Å². The van der Waals surface area contributed by atoms with Gasteiger partial charge in [0.2, 0.25) is 5.88 Å². The first kappa shape index (κ1) is 26.7. The average molecular weight is 564 g/mol. The van der Waals surface area contributed by atoms with E-state index in [4.69, 9.17) is 22.3 Å². The maximum atomic E-state index is 13.2. The average Bonchev–Trinajstić information content (AvgIpc) is 3.42. The molecule has 2 aromatic heterocycles. The monoisotopic (exact) mass is 563 g/mol. The maximum Gasteiger partial charge on any atom is 0.394 e. The number of pyridine rings is 1. The van der Waals surface area contributed by atoms with Crippen molar-refractivity contribution in [1.29, 1.82) is 0 Å². The molecule has 1 N–H and O–H groups in total. The summed E-state index contributed by atoms with van der Waals surface area (Å²) in [5, 5.41) is 4.25. The highest BCUT2D eigenvalue weighted by Gasteiger charge is 2.62. The zero-order valence-electron chi connectivity index (χ0n) is 20.7. The van der Waals surface area contributed by atoms with Crippen molar-refractivity contribution in [2.45, 2.75) is 49.1 Å². The standard InChI is InChI=1S/C26H28F3N5O2S2/c1-17-15-22(37)33(16-17)23-19(24(35)32-38-18-5-3-2-4-6-18)7-8-20(30-23)34-13-9-21(31-34)36-14-12-25(10-11-25)26(27,28)29/h2-9,13,17,22,37H,10-12,14-16H2,1H3,(H,32,35). The lowest BCUT2D eigenvalue weighted by molar-refractivity contribution is -0.190. The third-order valence-electron chi connectivity index (χ3n) is 6.95. The van der Waals surface area contributed by atoms with Crippen molar-refractivity contribution in [2.24, 2.45) is 11.3 Å². The van der Waals surface area contributed by atoms with Gasteiger partial charge in [0.1, 0.15) is 5.82 Å². The molecular weight excluding hydrogens is 535 g/mol. The van der Waals surface area contributed by atoms with Crippen molar-refractivity contribution >= 4 is 36.3 Å². The Hall–Kier alpha value is -2.86. The van der Waals surface area contributed by atoms with Crippen LogP contribution in [0.4, 0.5) is 19.0 Å². The highest BCUT2D eigenvalue weighted by molar-refractivity contribution is 7.98. The van der Waals surface area contributed by atoms with Crippen molar-refractivity contribution in [3.05, 3.63) is 60.3 Å². The molecule has 2 unspecified atom stereocenters. The minimum Gasteiger partial charge on any atom is -0.477 e. The van der Waals surface area contributed by atoms with E-state index in [9.17, 15) is 18.0 Å². The number of rotatable bonds is 9. The quantitative estimate of drug-likeness (QED) is 0.249. The van der Waals surface area contributed by atoms with Gasteiger partial charge in [-0.05, 0) is 67.8 Å². The van der Waals surface area contributed by atoms with Crippen LogP contribution in [-0.2, 0) is 0 Å². The molecule has 2 atom stereocenters. The minimum atomic E-state index is -4.21. The molecule has 0 radical (unpaired) electrons. The molecular formula is C26H28F3N5O2S2. The van der Waals surface area contributed by atoms with E-state index in [0.717, 1.165) is 11.3 Å². The number of anilines is 1. The predicted molar refractivity (Wildman–Crippen MR) is 143 cm³/mol. The lowest BCUT2D eigenvalue weighted by atomic mass is 10.0. The Morgan fingerprint density at radius 3 is 2.63 bits per heavy atom. The van der Waals surface area contributed by atoms with Gasteiger partial charge in [0.05, 0.1) is 23.0 Å². The molecule has 38 heavy (non-hydrogen) atoms. The molecule has 1 aliphatic heterocycles. The number of hydrogen-bond acceptors (Lipinski definition) is 7. The summed E-state index contributed by atoms with van der Waals surface area (Å²) in [6.07, 6.45) is -1.52. The Balaban J connectivity index is 1.33. The zero-order valence-corrected chi connectivity index (χ0v) is 22.4. The fourth-order valence-corrected chi connectivity index (χ4v) is 5.72. The van der Waals surface area contributed by atoms with Crippen LogP contribution in [0.5, 0.6) is 5.88 Å². The van der Waals surface area contributed by atoms with E-state index in [1.165, 1.54) is 16.6 Å². The Bertz CT molecular complexity index is 1280. The van der Waals surface area contributed by atoms with Gasteiger partial charge < -0.3 is 9.64 Å². The molecule has 0 spiro atoms. The van der Waals surface area contributed by atoms with Crippen LogP contribution in [0.15, 0.2) is 59.6 Å². The second-order valence-electron chi connectivity index (χ2n) is 9.84. The van der Waals surface area contributed by atoms with Crippen LogP contribution in [-0.4, -0.2) is 45.4 Å². The number of carbonyl (C=O) groups is 1. The molecule has 202 valence electrons. The van der Waals surface area contributed by atoms with Crippen molar-refractivity contribution in [2.75, 3.05) is 18.1 Å². The number of thiol groups is 1. The van der Waals surface area contributed by atoms with Crippen molar-refractivity contribution < 1.29 is 22.7 Å². The van der Waals surface area contributed by atoms with Crippen LogP contribution < -0.4 is 14.4 Å². The number of ether oxygens (including phenoxy) is 1. The first-order chi connectivity index (χ1) is 18.1. The van der Waals surface area contributed by atoms with E-state index < -0.39 is 11.6 Å². The van der Waals surface area contributed by atoms with E-state index in [0.29, 0.717) is 29.7 Å². The number of amides is 1. The number of nitrogens with zero attached hydrogens (tertiary/aromatic N) is 4. The summed E-state index contributed by atoms with van der Waals surface area (Å²) in [6, 6.07) is 14.5. The van der Waals surface area contributed by atoms with Gasteiger partial charge in [-0.1, -0.05) is 25.1 Å². The third-order valence-corrected chi connectivity index (χ3v) is 8.23. The molecule has 3 heterocycles. The first-order valence-corrected chi connectivity index (χ1v) is 13.7. The molecule has 1 aliphatic carbocycles. The number of benzene rings is 1. The second kappa shape index (κ2) is 10.7. The summed E-state index contributed by atoms with van der Waals surface area (Å²) >= 11 is 5.95. The minimum absolute atomic E-state index is 0.0691. The highest BCUT2D eigenvalue weighted by atomic mass is 32.2. The van der Waals surface area contributed by atoms with Crippen LogP contribution in [0.2, 0.25) is 0 Å². The van der Waals surface area contributed by atoms with Gasteiger partial charge in [0.15, 0.2) is 5.82 Å². The molecule has 2 fully saturated rings. The van der Waals surface area contributed by atoms with Gasteiger partial charge in [0, 0.05) is 23.7 Å². The molecule has 3 aromatic rings. The molecule has 12 heteroatoms. The van der Waals surface area contributed by atoms with E-state index in [1.807, 2.05) is 35.2 Å². The van der Waals surface area contributed by atoms with Gasteiger partial charge in [-0.25, -0.2) is 9.67 Å². The first-order valence-electron chi connectivity index (χ1n) is 12.4. The smallest absolute Gasteiger partial charge is 0.394 e. The second-order valence-corrected chi connectivity index (χ2v) is 11.3. The van der Waals surface area contributed by atoms with Crippen LogP contribution in [0.1, 0.15) is 43.0 Å². The number of hydrogen-bond donors (Lipinski definition) is 2. The molecule has 0 bridgehead atoms. The van der Waals surface area contributed by atoms with Crippen molar-refractivity contribution in [3.8, 4) is 11.7 Å². The highest BCUT2D eigenvalue weighted by Crippen LogP contribution is 2.59. The molecule has 5 rings (SSSR count). The van der Waals surface area contributed by atoms with Crippen molar-refractivity contribution in [1.82, 2.24) is 19.5 Å². The Morgan fingerprint density at radius 2 is 1.97 bits per heavy atom. The SMILES string of the molecule is CC1CC(S)N(c2nc(-n3ccc(OCCC4(C(F)(F)F)CC4)n3)ccc2C(=O)NSc2ccccc2)C1. The molecule has 1 saturated carbocycles. The molecule has 2 aliphatic rings. The van der Waals surface area contributed by atoms with E-state index >= 15 is 0 Å². The number of nitrogens with one attached hydrogen (secondary N) is 1. The fourth-order valence-electron chi connectivity index (χ4n) is 4.55. The summed E-state index contributed by atoms with van der Waals surface area (Å²) < 4.78 is 49.4. The van der Waals surface area contributed by atoms with E-state index in [-0.39, 0.29) is 43.0 Å². The van der Waals surface area contributed by atoms with E-state index in [1.54, 1.807) is 24.4 Å². The van der Waals surface area contributed by atoms with Gasteiger partial charge in [0.25, 0.3) is 5.91 Å². The van der Waals surface area contributed by atoms with Gasteiger partial charge in [-0.3, -0.25) is 9.52 Å². The topological polar surface area (TPSA) is 72.3 Å². The lowest BCUT2D eigenvalue weighted by Crippen LogP contribution is -2.30. The summed E-state index contributed by atoms with van der Waals surface area (Å²) in [5.74, 6) is 1.27. The lowest BCUT2D eigenvalue weighted by Gasteiger charge is -2.24. The Kier molecular flexibility index (Phi) is 7.54. The number of halogens is 3. The third kappa shape index (κ3) is 5.75. The van der Waals surface area contributed by atoms with Crippen LogP contribution in [0, 0.1) is 11.3 Å². The van der Waals surface area contributed by atoms with Crippen LogP contribution in [0.25, 0.3) is 5.82 Å². The molecule has 1 amide bonds. The van der Waals surface area contributed by atoms with E-state index in [2.05, 4.69) is 16.7 Å². The van der Waals surface area contributed by atoms with Crippen molar-refractivity contribution in [3.63, 3.8) is 0 Å².